The first-order chi connectivity index (χ1) is 11.2. The molecule has 0 fully saturated rings. The van der Waals surface area contributed by atoms with Gasteiger partial charge in [-0.1, -0.05) is 30.3 Å². The Kier molecular flexibility index (Phi) is 5.40. The lowest BCUT2D eigenvalue weighted by Gasteiger charge is -2.21. The number of hydrazine groups is 1. The van der Waals surface area contributed by atoms with Gasteiger partial charge in [-0.3, -0.25) is 15.0 Å². The van der Waals surface area contributed by atoms with Crippen LogP contribution in [-0.4, -0.2) is 28.7 Å². The van der Waals surface area contributed by atoms with Gasteiger partial charge in [-0.15, -0.1) is 0 Å². The second-order valence-electron chi connectivity index (χ2n) is 4.73. The summed E-state index contributed by atoms with van der Waals surface area (Å²) < 4.78 is 0. The van der Waals surface area contributed by atoms with Gasteiger partial charge in [-0.05, 0) is 5.56 Å². The zero-order chi connectivity index (χ0) is 16.7. The number of amides is 2. The Morgan fingerprint density at radius 3 is 2.57 bits per heavy atom. The molecule has 0 saturated heterocycles. The van der Waals surface area contributed by atoms with Crippen molar-refractivity contribution in [1.82, 2.24) is 15.9 Å². The summed E-state index contributed by atoms with van der Waals surface area (Å²) in [6, 6.07) is 12.8. The van der Waals surface area contributed by atoms with E-state index in [0.717, 1.165) is 10.6 Å². The monoisotopic (exact) mass is 310 g/mol. The molecule has 0 spiro atoms. The van der Waals surface area contributed by atoms with E-state index in [1.165, 1.54) is 0 Å². The zero-order valence-electron chi connectivity index (χ0n) is 12.2. The number of rotatable bonds is 5. The zero-order valence-corrected chi connectivity index (χ0v) is 12.2. The number of benzene rings is 1. The molecule has 0 bridgehead atoms. The number of carbonyl (C=O) groups is 2. The van der Waals surface area contributed by atoms with Crippen LogP contribution in [0.3, 0.4) is 0 Å². The summed E-state index contributed by atoms with van der Waals surface area (Å²) in [5, 5.41) is 22.6. The molecular formula is C15H14N6O2. The molecule has 2 N–H and O–H groups in total. The number of hydrogen-bond donors (Lipinski definition) is 2. The molecule has 1 heterocycles. The van der Waals surface area contributed by atoms with Gasteiger partial charge in [0, 0.05) is 6.42 Å². The first-order valence-electron chi connectivity index (χ1n) is 6.89. The maximum absolute atomic E-state index is 12.0. The van der Waals surface area contributed by atoms with Gasteiger partial charge in [-0.2, -0.15) is 15.6 Å². The Labute approximate surface area is 133 Å². The van der Waals surface area contributed by atoms with Crippen LogP contribution in [0, 0.1) is 22.7 Å². The summed E-state index contributed by atoms with van der Waals surface area (Å²) in [5.41, 5.74) is 6.58. The summed E-state index contributed by atoms with van der Waals surface area (Å²) in [5.74, 6) is -0.973. The van der Waals surface area contributed by atoms with Gasteiger partial charge in [0.05, 0.1) is 17.9 Å². The average molecular weight is 310 g/mol. The fraction of sp³-hybridized carbons (Fsp3) is 0.267. The highest BCUT2D eigenvalue weighted by Crippen LogP contribution is 2.19. The van der Waals surface area contributed by atoms with Crippen molar-refractivity contribution >= 4 is 17.5 Å². The molecule has 1 aromatic rings. The van der Waals surface area contributed by atoms with Gasteiger partial charge >= 0.3 is 0 Å². The maximum atomic E-state index is 12.0. The lowest BCUT2D eigenvalue weighted by Crippen LogP contribution is -2.51. The van der Waals surface area contributed by atoms with E-state index in [0.29, 0.717) is 12.1 Å². The molecule has 1 aromatic carbocycles. The van der Waals surface area contributed by atoms with E-state index in [1.807, 2.05) is 30.3 Å². The van der Waals surface area contributed by atoms with Crippen molar-refractivity contribution in [3.05, 3.63) is 35.9 Å². The Morgan fingerprint density at radius 1 is 1.22 bits per heavy atom. The molecule has 2 amide bonds. The van der Waals surface area contributed by atoms with Crippen LogP contribution in [0.5, 0.6) is 0 Å². The van der Waals surface area contributed by atoms with Crippen molar-refractivity contribution in [1.29, 1.82) is 10.5 Å². The number of hydrazone groups is 1. The van der Waals surface area contributed by atoms with Crippen LogP contribution in [0.15, 0.2) is 35.4 Å². The summed E-state index contributed by atoms with van der Waals surface area (Å²) >= 11 is 0. The Balaban J connectivity index is 2.12. The molecule has 1 aliphatic heterocycles. The van der Waals surface area contributed by atoms with Crippen LogP contribution in [0.25, 0.3) is 0 Å². The third-order valence-electron chi connectivity index (χ3n) is 3.12. The van der Waals surface area contributed by atoms with E-state index in [2.05, 4.69) is 16.0 Å². The summed E-state index contributed by atoms with van der Waals surface area (Å²) in [7, 11) is 0. The van der Waals surface area contributed by atoms with Crippen LogP contribution in [0.1, 0.15) is 24.8 Å². The number of carbonyl (C=O) groups excluding carboxylic acids is 2. The summed E-state index contributed by atoms with van der Waals surface area (Å²) in [4.78, 5) is 23.4. The highest BCUT2D eigenvalue weighted by molar-refractivity contribution is 6.03. The van der Waals surface area contributed by atoms with Gasteiger partial charge in [0.15, 0.2) is 0 Å². The molecule has 23 heavy (non-hydrogen) atoms. The molecule has 1 aliphatic rings. The first kappa shape index (κ1) is 16.1. The van der Waals surface area contributed by atoms with Crippen LogP contribution < -0.4 is 10.9 Å². The van der Waals surface area contributed by atoms with Crippen molar-refractivity contribution < 1.29 is 9.59 Å². The van der Waals surface area contributed by atoms with Crippen LogP contribution in [0.4, 0.5) is 0 Å². The van der Waals surface area contributed by atoms with Crippen molar-refractivity contribution in [2.45, 2.75) is 25.4 Å². The predicted molar refractivity (Wildman–Crippen MR) is 80.0 cm³/mol. The smallest absolute Gasteiger partial charge is 0.258 e. The lowest BCUT2D eigenvalue weighted by molar-refractivity contribution is -0.133. The van der Waals surface area contributed by atoms with Crippen LogP contribution in [0.2, 0.25) is 0 Å². The molecule has 116 valence electrons. The largest absolute Gasteiger partial charge is 0.289 e. The van der Waals surface area contributed by atoms with Crippen molar-refractivity contribution in [3.63, 3.8) is 0 Å². The Bertz CT molecular complexity index is 701. The number of nitrogens with one attached hydrogen (secondary N) is 2. The molecular weight excluding hydrogens is 296 g/mol. The number of nitrogens with zero attached hydrogens (tertiary/aromatic N) is 4. The standard InChI is InChI=1S/C15H14N6O2/c16-8-6-14(22)19-18-13-10-12(11-4-2-1-3-5-11)20-21(13)15(23)7-9-17/h1-5,13,18H,6-7,10H2,(H,19,22). The molecule has 1 unspecified atom stereocenters. The third kappa shape index (κ3) is 4.13. The molecule has 8 nitrogen and oxygen atoms in total. The molecule has 8 heteroatoms. The van der Waals surface area contributed by atoms with Gasteiger partial charge < -0.3 is 0 Å². The highest BCUT2D eigenvalue weighted by Gasteiger charge is 2.31. The highest BCUT2D eigenvalue weighted by atomic mass is 16.2. The fourth-order valence-electron chi connectivity index (χ4n) is 2.09. The quantitative estimate of drug-likeness (QED) is 0.762. The van der Waals surface area contributed by atoms with E-state index < -0.39 is 18.0 Å². The first-order valence-corrected chi connectivity index (χ1v) is 6.89. The normalized spacial score (nSPS) is 16.2. The van der Waals surface area contributed by atoms with Crippen LogP contribution >= 0.6 is 0 Å². The van der Waals surface area contributed by atoms with Gasteiger partial charge in [0.25, 0.3) is 5.91 Å². The van der Waals surface area contributed by atoms with Crippen molar-refractivity contribution in [2.75, 3.05) is 0 Å². The SMILES string of the molecule is N#CCC(=O)NNC1CC(c2ccccc2)=NN1C(=O)CC#N. The molecule has 1 atom stereocenters. The number of nitriles is 2. The van der Waals surface area contributed by atoms with E-state index in [4.69, 9.17) is 10.5 Å². The maximum Gasteiger partial charge on any atom is 0.258 e. The minimum atomic E-state index is -0.603. The predicted octanol–water partition coefficient (Wildman–Crippen LogP) is 0.397. The lowest BCUT2D eigenvalue weighted by atomic mass is 10.1. The summed E-state index contributed by atoms with van der Waals surface area (Å²) in [6.45, 7) is 0. The minimum absolute atomic E-state index is 0.293. The fourth-order valence-corrected chi connectivity index (χ4v) is 2.09. The molecule has 0 aromatic heterocycles. The van der Waals surface area contributed by atoms with E-state index in [9.17, 15) is 9.59 Å². The molecule has 2 rings (SSSR count). The third-order valence-corrected chi connectivity index (χ3v) is 3.12. The van der Waals surface area contributed by atoms with Gasteiger partial charge in [0.1, 0.15) is 19.0 Å². The van der Waals surface area contributed by atoms with E-state index in [1.54, 1.807) is 12.1 Å². The topological polar surface area (TPSA) is 121 Å². The molecule has 0 saturated carbocycles. The van der Waals surface area contributed by atoms with Gasteiger partial charge in [-0.25, -0.2) is 10.4 Å². The second kappa shape index (κ2) is 7.69. The Morgan fingerprint density at radius 2 is 1.91 bits per heavy atom. The summed E-state index contributed by atoms with van der Waals surface area (Å²) in [6.07, 6.45) is -0.837. The van der Waals surface area contributed by atoms with Crippen molar-refractivity contribution in [3.8, 4) is 12.1 Å². The van der Waals surface area contributed by atoms with Gasteiger partial charge in [0.2, 0.25) is 5.91 Å². The minimum Gasteiger partial charge on any atom is -0.289 e. The molecule has 0 aliphatic carbocycles. The second-order valence-corrected chi connectivity index (χ2v) is 4.73. The average Bonchev–Trinajstić information content (AvgIpc) is 2.99. The number of hydrogen-bond acceptors (Lipinski definition) is 6. The molecule has 0 radical (unpaired) electrons. The Hall–Kier alpha value is -3.23. The van der Waals surface area contributed by atoms with Crippen LogP contribution in [-0.2, 0) is 9.59 Å². The van der Waals surface area contributed by atoms with E-state index >= 15 is 0 Å². The van der Waals surface area contributed by atoms with Crippen molar-refractivity contribution in [2.24, 2.45) is 5.10 Å². The van der Waals surface area contributed by atoms with E-state index in [-0.39, 0.29) is 12.8 Å².